The van der Waals surface area contributed by atoms with Gasteiger partial charge in [-0.2, -0.15) is 8.42 Å². The number of halogens is 1. The topological polar surface area (TPSA) is 259 Å². The molecule has 0 spiro atoms. The van der Waals surface area contributed by atoms with Crippen LogP contribution < -0.4 is 26.4 Å². The van der Waals surface area contributed by atoms with Crippen molar-refractivity contribution in [2.45, 2.75) is 44.0 Å². The lowest BCUT2D eigenvalue weighted by atomic mass is 10.0. The van der Waals surface area contributed by atoms with Crippen molar-refractivity contribution < 1.29 is 42.0 Å². The number of aliphatic carboxylic acids is 1. The molecule has 0 bridgehead atoms. The second kappa shape index (κ2) is 13.7. The van der Waals surface area contributed by atoms with E-state index in [0.29, 0.717) is 5.56 Å². The average Bonchev–Trinajstić information content (AvgIpc) is 3.30. The molecule has 2 fully saturated rings. The summed E-state index contributed by atoms with van der Waals surface area (Å²) in [7, 11) is -4.85. The lowest BCUT2D eigenvalue weighted by Gasteiger charge is -2.42. The molecule has 4 rings (SSSR count). The van der Waals surface area contributed by atoms with Gasteiger partial charge >= 0.3 is 16.3 Å². The van der Waals surface area contributed by atoms with E-state index in [2.05, 4.69) is 26.1 Å². The number of carboxylic acid groups (broad SMARTS) is 1. The van der Waals surface area contributed by atoms with E-state index in [1.165, 1.54) is 6.92 Å². The Hall–Kier alpha value is -4.04. The van der Waals surface area contributed by atoms with Gasteiger partial charge in [0.25, 0.3) is 17.9 Å². The summed E-state index contributed by atoms with van der Waals surface area (Å²) in [6.07, 6.45) is 0.233. The second-order valence-corrected chi connectivity index (χ2v) is 12.7. The van der Waals surface area contributed by atoms with E-state index < -0.39 is 58.6 Å². The zero-order chi connectivity index (χ0) is 32.2. The largest absolute Gasteiger partial charge is 0.489 e. The maximum absolute atomic E-state index is 13.1. The van der Waals surface area contributed by atoms with Crippen LogP contribution in [0.4, 0.5) is 5.13 Å². The van der Waals surface area contributed by atoms with Gasteiger partial charge in [0, 0.05) is 18.2 Å². The Bertz CT molecular complexity index is 1560. The number of nitrogen functional groups attached to an aromatic ring is 1. The Morgan fingerprint density at radius 2 is 2.05 bits per heavy atom. The zero-order valence-corrected chi connectivity index (χ0v) is 25.4. The second-order valence-electron chi connectivity index (χ2n) is 9.75. The fourth-order valence-corrected chi connectivity index (χ4v) is 6.20. The summed E-state index contributed by atoms with van der Waals surface area (Å²) in [5.74, 6) is -3.21. The molecular weight excluding hydrogens is 644 g/mol. The molecule has 2 saturated heterocycles. The predicted octanol–water partition coefficient (Wildman–Crippen LogP) is -0.183. The number of benzene rings is 1. The van der Waals surface area contributed by atoms with Crippen LogP contribution in [-0.4, -0.2) is 101 Å². The molecule has 17 nitrogen and oxygen atoms in total. The predicted molar refractivity (Wildman–Crippen MR) is 158 cm³/mol. The molecule has 0 unspecified atom stereocenters. The smallest absolute Gasteiger partial charge is 0.362 e. The number of amidine groups is 1. The Morgan fingerprint density at radius 3 is 2.59 bits per heavy atom. The Balaban J connectivity index is 1.43. The fraction of sp³-hybridized carbons (Fsp3) is 0.417. The number of carboxylic acids is 1. The van der Waals surface area contributed by atoms with Gasteiger partial charge in [-0.15, -0.1) is 0 Å². The van der Waals surface area contributed by atoms with Crippen molar-refractivity contribution in [1.82, 2.24) is 25.2 Å². The third-order valence-electron chi connectivity index (χ3n) is 6.65. The number of thiazole rings is 1. The van der Waals surface area contributed by atoms with E-state index in [0.717, 1.165) is 37.3 Å². The van der Waals surface area contributed by atoms with E-state index in [1.54, 1.807) is 24.3 Å². The molecule has 3 heterocycles. The van der Waals surface area contributed by atoms with Crippen LogP contribution in [-0.2, 0) is 29.5 Å². The van der Waals surface area contributed by atoms with Crippen molar-refractivity contribution in [1.29, 1.82) is 5.41 Å². The van der Waals surface area contributed by atoms with Crippen molar-refractivity contribution in [3.8, 4) is 5.75 Å². The normalized spacial score (nSPS) is 21.2. The minimum Gasteiger partial charge on any atom is -0.489 e. The molecule has 0 saturated carbocycles. The van der Waals surface area contributed by atoms with Crippen molar-refractivity contribution in [2.24, 2.45) is 5.16 Å². The van der Waals surface area contributed by atoms with E-state index in [-0.39, 0.29) is 37.1 Å². The molecule has 2 amide bonds. The molecule has 238 valence electrons. The summed E-state index contributed by atoms with van der Waals surface area (Å²) in [4.78, 5) is 46.2. The maximum Gasteiger partial charge on any atom is 0.362 e. The molecule has 20 heteroatoms. The first-order chi connectivity index (χ1) is 20.8. The minimum atomic E-state index is -4.85. The monoisotopic (exact) mass is 672 g/mol. The first kappa shape index (κ1) is 32.9. The van der Waals surface area contributed by atoms with Gasteiger partial charge in [-0.25, -0.2) is 14.1 Å². The molecule has 8 N–H and O–H groups in total. The quantitative estimate of drug-likeness (QED) is 0.0508. The number of β-lactam (4-membered cyclic amide) rings is 1. The van der Waals surface area contributed by atoms with Crippen LogP contribution >= 0.6 is 22.9 Å². The van der Waals surface area contributed by atoms with Crippen LogP contribution in [0.3, 0.4) is 0 Å². The van der Waals surface area contributed by atoms with Crippen LogP contribution in [0.25, 0.3) is 0 Å². The number of hydrogen-bond donors (Lipinski definition) is 7. The van der Waals surface area contributed by atoms with Gasteiger partial charge in [0.05, 0.1) is 6.04 Å². The van der Waals surface area contributed by atoms with Crippen molar-refractivity contribution in [3.05, 3.63) is 39.9 Å². The number of carbonyl (C=O) groups is 3. The van der Waals surface area contributed by atoms with Gasteiger partial charge in [-0.05, 0) is 50.6 Å². The number of hydrogen-bond acceptors (Lipinski definition) is 13. The lowest BCUT2D eigenvalue weighted by molar-refractivity contribution is -0.152. The number of nitrogens with two attached hydrogens (primary N) is 1. The molecular formula is C24H29ClN8O9S2. The van der Waals surface area contributed by atoms with Gasteiger partial charge in [0.2, 0.25) is 0 Å². The molecule has 44 heavy (non-hydrogen) atoms. The highest BCUT2D eigenvalue weighted by Crippen LogP contribution is 2.28. The van der Waals surface area contributed by atoms with Crippen LogP contribution in [0.15, 0.2) is 29.4 Å². The summed E-state index contributed by atoms with van der Waals surface area (Å²) in [5.41, 5.74) is 5.34. The summed E-state index contributed by atoms with van der Waals surface area (Å²) in [6.45, 7) is 2.42. The Labute approximate surface area is 260 Å². The fourth-order valence-electron chi connectivity index (χ4n) is 4.38. The van der Waals surface area contributed by atoms with Crippen LogP contribution in [0, 0.1) is 5.41 Å². The summed E-state index contributed by atoms with van der Waals surface area (Å²) in [5, 5.41) is 30.2. The number of amides is 2. The first-order valence-corrected chi connectivity index (χ1v) is 15.6. The number of anilines is 1. The molecule has 2 aromatic rings. The van der Waals surface area contributed by atoms with E-state index in [1.807, 2.05) is 0 Å². The Morgan fingerprint density at radius 1 is 1.34 bits per heavy atom. The number of aromatic nitrogens is 1. The SMILES string of the molecule is C[C@H]1[C@H](NC(=O)/C(=N\O[C@@H](COc2ccc(C(=N)N[C@H]3CCCNC3)cc2)C(=O)O)c2nc(N)sc2Cl)C(=O)N1S(=O)(=O)O. The van der Waals surface area contributed by atoms with Crippen LogP contribution in [0.5, 0.6) is 5.75 Å². The maximum atomic E-state index is 13.1. The molecule has 4 atom stereocenters. The Kier molecular flexibility index (Phi) is 10.3. The number of oxime groups is 1. The molecule has 0 radical (unpaired) electrons. The average molecular weight is 673 g/mol. The minimum absolute atomic E-state index is 0.0589. The third-order valence-corrected chi connectivity index (χ3v) is 8.74. The summed E-state index contributed by atoms with van der Waals surface area (Å²) >= 11 is 6.91. The van der Waals surface area contributed by atoms with E-state index in [4.69, 9.17) is 32.3 Å². The molecule has 2 aliphatic rings. The van der Waals surface area contributed by atoms with Gasteiger partial charge in [0.1, 0.15) is 34.3 Å². The summed E-state index contributed by atoms with van der Waals surface area (Å²) < 4.78 is 37.5. The number of piperidine rings is 1. The number of nitrogens with zero attached hydrogens (tertiary/aromatic N) is 3. The standard InChI is InChI=1S/C24H29ClN8O9S2/c1-11-16(22(35)33(11)44(38,39)40)30-21(34)18(17-19(25)43-24(27)31-17)32-42-15(23(36)37)10-41-14-6-4-12(5-7-14)20(26)29-13-3-2-8-28-9-13/h4-7,11,13,15-16,28H,2-3,8-10H2,1H3,(H2,26,29)(H2,27,31)(H,30,34)(H,36,37)(H,38,39,40)/b32-18-/t11-,13-,15-,16-/m0/s1. The lowest BCUT2D eigenvalue weighted by Crippen LogP contribution is -2.71. The number of nitrogens with one attached hydrogen (secondary N) is 4. The highest BCUT2D eigenvalue weighted by molar-refractivity contribution is 7.84. The van der Waals surface area contributed by atoms with Crippen molar-refractivity contribution in [3.63, 3.8) is 0 Å². The third kappa shape index (κ3) is 7.72. The van der Waals surface area contributed by atoms with Gasteiger partial charge < -0.3 is 36.4 Å². The highest BCUT2D eigenvalue weighted by Gasteiger charge is 2.51. The number of ether oxygens (including phenoxy) is 1. The van der Waals surface area contributed by atoms with E-state index >= 15 is 0 Å². The summed E-state index contributed by atoms with van der Waals surface area (Å²) in [6, 6.07) is 4.01. The van der Waals surface area contributed by atoms with Crippen LogP contribution in [0.1, 0.15) is 31.0 Å². The van der Waals surface area contributed by atoms with Gasteiger partial charge in [-0.3, -0.25) is 19.6 Å². The molecule has 2 aliphatic heterocycles. The van der Waals surface area contributed by atoms with Gasteiger partial charge in [0.15, 0.2) is 10.8 Å². The molecule has 1 aromatic carbocycles. The van der Waals surface area contributed by atoms with Crippen molar-refractivity contribution in [2.75, 3.05) is 25.4 Å². The van der Waals surface area contributed by atoms with Gasteiger partial charge in [-0.1, -0.05) is 28.1 Å². The zero-order valence-electron chi connectivity index (χ0n) is 23.0. The van der Waals surface area contributed by atoms with Crippen LogP contribution in [0.2, 0.25) is 4.34 Å². The van der Waals surface area contributed by atoms with Crippen molar-refractivity contribution >= 4 is 67.7 Å². The number of rotatable bonds is 12. The van der Waals surface area contributed by atoms with E-state index in [9.17, 15) is 32.5 Å². The molecule has 0 aliphatic carbocycles. The molecule has 1 aromatic heterocycles. The highest BCUT2D eigenvalue weighted by atomic mass is 35.5. The first-order valence-electron chi connectivity index (χ1n) is 13.1. The number of carbonyl (C=O) groups excluding carboxylic acids is 2.